The van der Waals surface area contributed by atoms with Crippen molar-refractivity contribution < 1.29 is 14.7 Å². The van der Waals surface area contributed by atoms with Gasteiger partial charge >= 0.3 is 5.97 Å². The van der Waals surface area contributed by atoms with Gasteiger partial charge in [-0.25, -0.2) is 0 Å². The topological polar surface area (TPSA) is 57.6 Å². The van der Waals surface area contributed by atoms with E-state index in [2.05, 4.69) is 27.7 Å². The number of rotatable bonds is 6. The van der Waals surface area contributed by atoms with Gasteiger partial charge in [0.15, 0.2) is 0 Å². The Bertz CT molecular complexity index is 268. The zero-order chi connectivity index (χ0) is 13.6. The summed E-state index contributed by atoms with van der Waals surface area (Å²) in [6.45, 7) is 8.95. The summed E-state index contributed by atoms with van der Waals surface area (Å²) < 4.78 is 0. The number of carboxylic acid groups (broad SMARTS) is 1. The summed E-state index contributed by atoms with van der Waals surface area (Å²) in [6.07, 6.45) is 1.15. The molecule has 4 nitrogen and oxygen atoms in total. The fourth-order valence-corrected chi connectivity index (χ4v) is 1.32. The highest BCUT2D eigenvalue weighted by Crippen LogP contribution is 2.28. The SMILES string of the molecule is CC(CC(=O)N(C)CCCC(=O)O)C(C)(C)C. The molecule has 0 bridgehead atoms. The Balaban J connectivity index is 4.02. The Hall–Kier alpha value is -1.06. The highest BCUT2D eigenvalue weighted by molar-refractivity contribution is 5.76. The van der Waals surface area contributed by atoms with Crippen LogP contribution in [0.1, 0.15) is 47.0 Å². The average Bonchev–Trinajstić information content (AvgIpc) is 2.15. The van der Waals surface area contributed by atoms with Gasteiger partial charge in [0.2, 0.25) is 5.91 Å². The van der Waals surface area contributed by atoms with Crippen molar-refractivity contribution in [3.05, 3.63) is 0 Å². The van der Waals surface area contributed by atoms with Gasteiger partial charge in [-0.05, 0) is 17.8 Å². The van der Waals surface area contributed by atoms with Crippen molar-refractivity contribution in [3.63, 3.8) is 0 Å². The van der Waals surface area contributed by atoms with E-state index >= 15 is 0 Å². The van der Waals surface area contributed by atoms with Gasteiger partial charge in [0.05, 0.1) is 0 Å². The third kappa shape index (κ3) is 6.97. The van der Waals surface area contributed by atoms with Crippen molar-refractivity contribution in [1.82, 2.24) is 4.90 Å². The molecule has 0 saturated heterocycles. The van der Waals surface area contributed by atoms with E-state index in [-0.39, 0.29) is 17.7 Å². The smallest absolute Gasteiger partial charge is 0.303 e. The number of aliphatic carboxylic acids is 1. The van der Waals surface area contributed by atoms with E-state index in [1.807, 2.05) is 0 Å². The summed E-state index contributed by atoms with van der Waals surface area (Å²) >= 11 is 0. The molecule has 0 rings (SSSR count). The number of carboxylic acids is 1. The Morgan fingerprint density at radius 1 is 1.29 bits per heavy atom. The summed E-state index contributed by atoms with van der Waals surface area (Å²) in [7, 11) is 1.74. The number of nitrogens with zero attached hydrogens (tertiary/aromatic N) is 1. The van der Waals surface area contributed by atoms with E-state index in [4.69, 9.17) is 5.11 Å². The molecule has 4 heteroatoms. The van der Waals surface area contributed by atoms with Crippen LogP contribution >= 0.6 is 0 Å². The first kappa shape index (κ1) is 15.9. The lowest BCUT2D eigenvalue weighted by Crippen LogP contribution is -2.32. The molecular formula is C13H25NO3. The van der Waals surface area contributed by atoms with Crippen molar-refractivity contribution in [1.29, 1.82) is 0 Å². The molecule has 0 aliphatic carbocycles. The minimum absolute atomic E-state index is 0.0952. The summed E-state index contributed by atoms with van der Waals surface area (Å²) in [6, 6.07) is 0. The molecule has 0 radical (unpaired) electrons. The summed E-state index contributed by atoms with van der Waals surface area (Å²) in [4.78, 5) is 23.8. The first-order chi connectivity index (χ1) is 7.64. The Labute approximate surface area is 104 Å². The maximum absolute atomic E-state index is 11.9. The third-order valence-electron chi connectivity index (χ3n) is 3.27. The number of hydrogen-bond donors (Lipinski definition) is 1. The van der Waals surface area contributed by atoms with E-state index in [0.717, 1.165) is 0 Å². The van der Waals surface area contributed by atoms with Crippen molar-refractivity contribution in [2.24, 2.45) is 11.3 Å². The fraction of sp³-hybridized carbons (Fsp3) is 0.846. The van der Waals surface area contributed by atoms with Gasteiger partial charge in [-0.1, -0.05) is 27.7 Å². The lowest BCUT2D eigenvalue weighted by atomic mass is 9.80. The molecule has 0 aliphatic rings. The van der Waals surface area contributed by atoms with E-state index in [1.165, 1.54) is 0 Å². The Kier molecular flexibility index (Phi) is 6.21. The molecule has 1 amide bonds. The van der Waals surface area contributed by atoms with Gasteiger partial charge in [0.25, 0.3) is 0 Å². The molecule has 0 aliphatic heterocycles. The molecule has 0 aromatic rings. The van der Waals surface area contributed by atoms with Gasteiger partial charge in [-0.15, -0.1) is 0 Å². The standard InChI is InChI=1S/C13H25NO3/c1-10(13(2,3)4)9-11(15)14(5)8-6-7-12(16)17/h10H,6-9H2,1-5H3,(H,16,17). The predicted octanol–water partition coefficient (Wildman–Crippen LogP) is 2.38. The largest absolute Gasteiger partial charge is 0.481 e. The zero-order valence-corrected chi connectivity index (χ0v) is 11.6. The quantitative estimate of drug-likeness (QED) is 0.779. The van der Waals surface area contributed by atoms with Crippen molar-refractivity contribution in [3.8, 4) is 0 Å². The minimum Gasteiger partial charge on any atom is -0.481 e. The van der Waals surface area contributed by atoms with Crippen molar-refractivity contribution >= 4 is 11.9 Å². The summed E-state index contributed by atoms with van der Waals surface area (Å²) in [5.74, 6) is -0.399. The molecule has 1 N–H and O–H groups in total. The number of amides is 1. The molecule has 0 fully saturated rings. The van der Waals surface area contributed by atoms with Crippen LogP contribution in [-0.4, -0.2) is 35.5 Å². The van der Waals surface area contributed by atoms with Gasteiger partial charge < -0.3 is 10.0 Å². The van der Waals surface area contributed by atoms with Crippen LogP contribution in [0.2, 0.25) is 0 Å². The maximum Gasteiger partial charge on any atom is 0.303 e. The first-order valence-electron chi connectivity index (χ1n) is 6.10. The number of hydrogen-bond acceptors (Lipinski definition) is 2. The van der Waals surface area contributed by atoms with E-state index < -0.39 is 5.97 Å². The molecule has 0 heterocycles. The number of carbonyl (C=O) groups is 2. The van der Waals surface area contributed by atoms with E-state index in [0.29, 0.717) is 25.3 Å². The molecular weight excluding hydrogens is 218 g/mol. The monoisotopic (exact) mass is 243 g/mol. The molecule has 0 aromatic heterocycles. The highest BCUT2D eigenvalue weighted by Gasteiger charge is 2.23. The first-order valence-corrected chi connectivity index (χ1v) is 6.10. The molecule has 0 spiro atoms. The van der Waals surface area contributed by atoms with Crippen LogP contribution in [-0.2, 0) is 9.59 Å². The highest BCUT2D eigenvalue weighted by atomic mass is 16.4. The molecule has 1 atom stereocenters. The fourth-order valence-electron chi connectivity index (χ4n) is 1.32. The van der Waals surface area contributed by atoms with Crippen LogP contribution in [0.5, 0.6) is 0 Å². The van der Waals surface area contributed by atoms with Crippen LogP contribution in [0, 0.1) is 11.3 Å². The van der Waals surface area contributed by atoms with Crippen molar-refractivity contribution in [2.45, 2.75) is 47.0 Å². The predicted molar refractivity (Wildman–Crippen MR) is 67.7 cm³/mol. The second-order valence-corrected chi connectivity index (χ2v) is 5.78. The van der Waals surface area contributed by atoms with Gasteiger partial charge in [-0.3, -0.25) is 9.59 Å². The lowest BCUT2D eigenvalue weighted by molar-refractivity contribution is -0.138. The maximum atomic E-state index is 11.9. The van der Waals surface area contributed by atoms with Crippen LogP contribution in [0.15, 0.2) is 0 Å². The molecule has 0 saturated carbocycles. The van der Waals surface area contributed by atoms with Crippen LogP contribution < -0.4 is 0 Å². The molecule has 0 aromatic carbocycles. The zero-order valence-electron chi connectivity index (χ0n) is 11.6. The lowest BCUT2D eigenvalue weighted by Gasteiger charge is -2.28. The second kappa shape index (κ2) is 6.62. The summed E-state index contributed by atoms with van der Waals surface area (Å²) in [5, 5.41) is 8.51. The summed E-state index contributed by atoms with van der Waals surface area (Å²) in [5.41, 5.74) is 0.123. The van der Waals surface area contributed by atoms with Crippen LogP contribution in [0.4, 0.5) is 0 Å². The molecule has 1 unspecified atom stereocenters. The van der Waals surface area contributed by atoms with Crippen LogP contribution in [0.25, 0.3) is 0 Å². The average molecular weight is 243 g/mol. The second-order valence-electron chi connectivity index (χ2n) is 5.78. The number of carbonyl (C=O) groups excluding carboxylic acids is 1. The Morgan fingerprint density at radius 2 is 1.82 bits per heavy atom. The minimum atomic E-state index is -0.811. The molecule has 100 valence electrons. The van der Waals surface area contributed by atoms with E-state index in [1.54, 1.807) is 11.9 Å². The molecule has 17 heavy (non-hydrogen) atoms. The normalized spacial score (nSPS) is 13.2. The van der Waals surface area contributed by atoms with Gasteiger partial charge in [-0.2, -0.15) is 0 Å². The third-order valence-corrected chi connectivity index (χ3v) is 3.27. The van der Waals surface area contributed by atoms with Gasteiger partial charge in [0, 0.05) is 26.4 Å². The Morgan fingerprint density at radius 3 is 2.24 bits per heavy atom. The van der Waals surface area contributed by atoms with Crippen molar-refractivity contribution in [2.75, 3.05) is 13.6 Å². The van der Waals surface area contributed by atoms with Crippen LogP contribution in [0.3, 0.4) is 0 Å². The van der Waals surface area contributed by atoms with Gasteiger partial charge in [0.1, 0.15) is 0 Å². The van der Waals surface area contributed by atoms with E-state index in [9.17, 15) is 9.59 Å².